The largest absolute Gasteiger partial charge is 0.399 e. The van der Waals surface area contributed by atoms with Crippen molar-refractivity contribution < 1.29 is 10.2 Å². The molecule has 1 aromatic rings. The molecule has 16 heavy (non-hydrogen) atoms. The Morgan fingerprint density at radius 3 is 2.88 bits per heavy atom. The lowest BCUT2D eigenvalue weighted by atomic mass is 10.2. The number of nitrogens with one attached hydrogen (secondary N) is 1. The summed E-state index contributed by atoms with van der Waals surface area (Å²) >= 11 is 1.62. The van der Waals surface area contributed by atoms with Crippen molar-refractivity contribution in [3.05, 3.63) is 18.2 Å². The number of nitrogen functional groups attached to an aromatic ring is 1. The fourth-order valence-corrected chi connectivity index (χ4v) is 1.93. The molecule has 4 nitrogen and oxygen atoms in total. The standard InChI is InChI=1S/C11H18N2O2S/c1-16-11-6-8(12)2-3-10(11)13-5-4-9(15)7-14/h2-3,6,9,13-15H,4-5,7,12H2,1H3. The average molecular weight is 242 g/mol. The number of thioether (sulfide) groups is 1. The highest BCUT2D eigenvalue weighted by Gasteiger charge is 2.04. The number of hydrogen-bond acceptors (Lipinski definition) is 5. The third-order valence-corrected chi connectivity index (χ3v) is 3.01. The molecule has 1 aromatic carbocycles. The fourth-order valence-electron chi connectivity index (χ4n) is 1.32. The lowest BCUT2D eigenvalue weighted by molar-refractivity contribution is 0.0911. The summed E-state index contributed by atoms with van der Waals surface area (Å²) in [5, 5.41) is 21.1. The summed E-state index contributed by atoms with van der Waals surface area (Å²) in [5.74, 6) is 0. The van der Waals surface area contributed by atoms with E-state index in [-0.39, 0.29) is 6.61 Å². The number of aliphatic hydroxyl groups is 2. The van der Waals surface area contributed by atoms with Crippen LogP contribution >= 0.6 is 11.8 Å². The molecule has 1 rings (SSSR count). The maximum atomic E-state index is 9.19. The minimum Gasteiger partial charge on any atom is -0.399 e. The first kappa shape index (κ1) is 13.2. The van der Waals surface area contributed by atoms with Gasteiger partial charge in [-0.15, -0.1) is 11.8 Å². The van der Waals surface area contributed by atoms with E-state index >= 15 is 0 Å². The Morgan fingerprint density at radius 2 is 2.25 bits per heavy atom. The van der Waals surface area contributed by atoms with Crippen LogP contribution in [0, 0.1) is 0 Å². The number of nitrogens with two attached hydrogens (primary N) is 1. The molecule has 1 atom stereocenters. The van der Waals surface area contributed by atoms with E-state index in [0.717, 1.165) is 16.3 Å². The molecule has 0 fully saturated rings. The van der Waals surface area contributed by atoms with Gasteiger partial charge in [-0.2, -0.15) is 0 Å². The Morgan fingerprint density at radius 1 is 1.50 bits per heavy atom. The van der Waals surface area contributed by atoms with E-state index in [9.17, 15) is 5.11 Å². The minimum atomic E-state index is -0.654. The zero-order valence-corrected chi connectivity index (χ0v) is 10.1. The summed E-state index contributed by atoms with van der Waals surface area (Å²) in [4.78, 5) is 1.08. The molecule has 0 heterocycles. The highest BCUT2D eigenvalue weighted by molar-refractivity contribution is 7.98. The lowest BCUT2D eigenvalue weighted by Gasteiger charge is -2.12. The highest BCUT2D eigenvalue weighted by atomic mass is 32.2. The Bertz CT molecular complexity index is 334. The van der Waals surface area contributed by atoms with Crippen molar-refractivity contribution in [2.24, 2.45) is 0 Å². The summed E-state index contributed by atoms with van der Waals surface area (Å²) in [6, 6.07) is 5.67. The van der Waals surface area contributed by atoms with E-state index in [0.29, 0.717) is 13.0 Å². The van der Waals surface area contributed by atoms with Crippen molar-refractivity contribution in [3.63, 3.8) is 0 Å². The van der Waals surface area contributed by atoms with Crippen molar-refractivity contribution in [3.8, 4) is 0 Å². The average Bonchev–Trinajstić information content (AvgIpc) is 2.30. The first-order valence-electron chi connectivity index (χ1n) is 5.13. The molecular formula is C11H18N2O2S. The van der Waals surface area contributed by atoms with Crippen LogP contribution in [0.4, 0.5) is 11.4 Å². The summed E-state index contributed by atoms with van der Waals surface area (Å²) in [6.07, 6.45) is 1.86. The lowest BCUT2D eigenvalue weighted by Crippen LogP contribution is -2.17. The van der Waals surface area contributed by atoms with Gasteiger partial charge in [0, 0.05) is 22.8 Å². The van der Waals surface area contributed by atoms with Gasteiger partial charge in [0.25, 0.3) is 0 Å². The molecule has 0 aliphatic carbocycles. The van der Waals surface area contributed by atoms with E-state index in [2.05, 4.69) is 5.32 Å². The van der Waals surface area contributed by atoms with Gasteiger partial charge in [-0.05, 0) is 30.9 Å². The van der Waals surface area contributed by atoms with E-state index in [1.54, 1.807) is 11.8 Å². The molecule has 1 unspecified atom stereocenters. The Balaban J connectivity index is 2.53. The van der Waals surface area contributed by atoms with E-state index in [4.69, 9.17) is 10.8 Å². The number of anilines is 2. The molecule has 0 saturated heterocycles. The first-order chi connectivity index (χ1) is 7.67. The van der Waals surface area contributed by atoms with Crippen molar-refractivity contribution in [2.45, 2.75) is 17.4 Å². The van der Waals surface area contributed by atoms with Gasteiger partial charge in [-0.3, -0.25) is 0 Å². The molecule has 0 aliphatic rings. The topological polar surface area (TPSA) is 78.5 Å². The quantitative estimate of drug-likeness (QED) is 0.444. The van der Waals surface area contributed by atoms with Crippen molar-refractivity contribution in [2.75, 3.05) is 30.5 Å². The summed E-state index contributed by atoms with van der Waals surface area (Å²) in [5.41, 5.74) is 7.43. The minimum absolute atomic E-state index is 0.196. The van der Waals surface area contributed by atoms with Gasteiger partial charge in [-0.25, -0.2) is 0 Å². The summed E-state index contributed by atoms with van der Waals surface area (Å²) in [6.45, 7) is 0.429. The van der Waals surface area contributed by atoms with Crippen LogP contribution in [0.5, 0.6) is 0 Å². The number of hydrogen-bond donors (Lipinski definition) is 4. The van der Waals surface area contributed by atoms with Crippen LogP contribution in [0.2, 0.25) is 0 Å². The molecule has 0 bridgehead atoms. The maximum absolute atomic E-state index is 9.19. The van der Waals surface area contributed by atoms with Crippen molar-refractivity contribution in [1.29, 1.82) is 0 Å². The molecule has 0 radical (unpaired) electrons. The second kappa shape index (κ2) is 6.62. The summed E-state index contributed by atoms with van der Waals surface area (Å²) in [7, 11) is 0. The van der Waals surface area contributed by atoms with Crippen LogP contribution < -0.4 is 11.1 Å². The van der Waals surface area contributed by atoms with Gasteiger partial charge < -0.3 is 21.3 Å². The Kier molecular flexibility index (Phi) is 5.45. The molecule has 5 heteroatoms. The zero-order chi connectivity index (χ0) is 12.0. The fraction of sp³-hybridized carbons (Fsp3) is 0.455. The molecular weight excluding hydrogens is 224 g/mol. The number of aliphatic hydroxyl groups excluding tert-OH is 2. The van der Waals surface area contributed by atoms with Crippen LogP contribution in [0.25, 0.3) is 0 Å². The number of benzene rings is 1. The maximum Gasteiger partial charge on any atom is 0.0787 e. The molecule has 0 amide bonds. The SMILES string of the molecule is CSc1cc(N)ccc1NCCC(O)CO. The van der Waals surface area contributed by atoms with Crippen LogP contribution in [0.15, 0.2) is 23.1 Å². The highest BCUT2D eigenvalue weighted by Crippen LogP contribution is 2.27. The van der Waals surface area contributed by atoms with Crippen LogP contribution in [-0.4, -0.2) is 35.7 Å². The zero-order valence-electron chi connectivity index (χ0n) is 9.31. The Hall–Kier alpha value is -0.910. The molecule has 5 N–H and O–H groups in total. The van der Waals surface area contributed by atoms with Crippen LogP contribution in [0.1, 0.15) is 6.42 Å². The monoisotopic (exact) mass is 242 g/mol. The molecule has 0 saturated carbocycles. The molecule has 0 spiro atoms. The van der Waals surface area contributed by atoms with Gasteiger partial charge >= 0.3 is 0 Å². The van der Waals surface area contributed by atoms with E-state index in [1.807, 2.05) is 24.5 Å². The summed E-state index contributed by atoms with van der Waals surface area (Å²) < 4.78 is 0. The smallest absolute Gasteiger partial charge is 0.0787 e. The molecule has 0 aromatic heterocycles. The predicted octanol–water partition coefficient (Wildman–Crippen LogP) is 1.15. The third-order valence-electron chi connectivity index (χ3n) is 2.23. The first-order valence-corrected chi connectivity index (χ1v) is 6.36. The van der Waals surface area contributed by atoms with Crippen LogP contribution in [-0.2, 0) is 0 Å². The molecule has 90 valence electrons. The normalized spacial score (nSPS) is 12.4. The van der Waals surface area contributed by atoms with Crippen molar-refractivity contribution >= 4 is 23.1 Å². The van der Waals surface area contributed by atoms with E-state index in [1.165, 1.54) is 0 Å². The predicted molar refractivity (Wildman–Crippen MR) is 68.8 cm³/mol. The second-order valence-electron chi connectivity index (χ2n) is 3.51. The van der Waals surface area contributed by atoms with Gasteiger partial charge in [0.1, 0.15) is 0 Å². The second-order valence-corrected chi connectivity index (χ2v) is 4.36. The van der Waals surface area contributed by atoms with Gasteiger partial charge in [0.2, 0.25) is 0 Å². The Labute approximate surface area is 99.9 Å². The van der Waals surface area contributed by atoms with Gasteiger partial charge in [0.05, 0.1) is 12.7 Å². The number of rotatable bonds is 6. The molecule has 0 aliphatic heterocycles. The third kappa shape index (κ3) is 3.92. The van der Waals surface area contributed by atoms with Crippen LogP contribution in [0.3, 0.4) is 0 Å². The van der Waals surface area contributed by atoms with Gasteiger partial charge in [0.15, 0.2) is 0 Å². The van der Waals surface area contributed by atoms with Crippen molar-refractivity contribution in [1.82, 2.24) is 0 Å². The van der Waals surface area contributed by atoms with Gasteiger partial charge in [-0.1, -0.05) is 0 Å². The van der Waals surface area contributed by atoms with E-state index < -0.39 is 6.10 Å².